The van der Waals surface area contributed by atoms with Crippen molar-refractivity contribution in [1.29, 1.82) is 5.26 Å². The third-order valence-corrected chi connectivity index (χ3v) is 5.72. The lowest BCUT2D eigenvalue weighted by Gasteiger charge is -2.33. The molecule has 6 heteroatoms. The number of amides is 1. The molecule has 172 valence electrons. The summed E-state index contributed by atoms with van der Waals surface area (Å²) >= 11 is 0. The molecule has 0 saturated carbocycles. The number of esters is 1. The number of rotatable bonds is 8. The minimum atomic E-state index is -0.686. The van der Waals surface area contributed by atoms with Crippen molar-refractivity contribution in [2.24, 2.45) is 5.92 Å². The molecular formula is C27H30N2O4. The largest absolute Gasteiger partial charge is 0.467 e. The predicted molar refractivity (Wildman–Crippen MR) is 127 cm³/mol. The highest BCUT2D eigenvalue weighted by Gasteiger charge is 2.33. The number of fused-ring (bicyclic) bond motifs is 2. The smallest absolute Gasteiger partial charge is 0.328 e. The molecule has 0 radical (unpaired) electrons. The molecule has 0 aliphatic carbocycles. The van der Waals surface area contributed by atoms with Crippen LogP contribution in [0.1, 0.15) is 56.7 Å². The molecule has 2 aromatic carbocycles. The molecule has 0 spiro atoms. The molecule has 0 N–H and O–H groups in total. The van der Waals surface area contributed by atoms with Crippen LogP contribution in [0, 0.1) is 17.2 Å². The second-order valence-electron chi connectivity index (χ2n) is 8.48. The summed E-state index contributed by atoms with van der Waals surface area (Å²) < 4.78 is 11.2. The fourth-order valence-electron chi connectivity index (χ4n) is 4.00. The van der Waals surface area contributed by atoms with E-state index in [-0.39, 0.29) is 18.4 Å². The van der Waals surface area contributed by atoms with Gasteiger partial charge in [0.2, 0.25) is 5.91 Å². The van der Waals surface area contributed by atoms with E-state index in [0.717, 1.165) is 24.0 Å². The van der Waals surface area contributed by atoms with E-state index in [0.29, 0.717) is 29.1 Å². The number of para-hydroxylation sites is 1. The van der Waals surface area contributed by atoms with Gasteiger partial charge in [0.25, 0.3) is 0 Å². The number of carbonyl (C=O) groups excluding carboxylic acids is 2. The average Bonchev–Trinajstić information content (AvgIpc) is 2.97. The second-order valence-corrected chi connectivity index (χ2v) is 8.48. The molecule has 33 heavy (non-hydrogen) atoms. The third kappa shape index (κ3) is 5.43. The number of methoxy groups -OCH3 is 1. The molecule has 1 amide bonds. The number of hydrogen-bond acceptors (Lipinski definition) is 5. The SMILES string of the molecule is CCCCC(=O)N(Cc1ccc2c(c1)Oc1ccccc1C=C2C#N)[C@H](C(=O)OC)C(C)C. The van der Waals surface area contributed by atoms with Gasteiger partial charge in [0.15, 0.2) is 0 Å². The Bertz CT molecular complexity index is 1100. The van der Waals surface area contributed by atoms with Crippen molar-refractivity contribution in [3.63, 3.8) is 0 Å². The number of nitrogens with zero attached hydrogens (tertiary/aromatic N) is 2. The molecule has 6 nitrogen and oxygen atoms in total. The average molecular weight is 447 g/mol. The van der Waals surface area contributed by atoms with Gasteiger partial charge in [-0.2, -0.15) is 5.26 Å². The van der Waals surface area contributed by atoms with Crippen molar-refractivity contribution in [1.82, 2.24) is 4.90 Å². The lowest BCUT2D eigenvalue weighted by molar-refractivity contribution is -0.155. The topological polar surface area (TPSA) is 79.6 Å². The zero-order chi connectivity index (χ0) is 24.0. The van der Waals surface area contributed by atoms with Gasteiger partial charge in [0, 0.05) is 24.1 Å². The van der Waals surface area contributed by atoms with E-state index in [9.17, 15) is 14.9 Å². The predicted octanol–water partition coefficient (Wildman–Crippen LogP) is 5.57. The van der Waals surface area contributed by atoms with Gasteiger partial charge in [-0.15, -0.1) is 0 Å². The summed E-state index contributed by atoms with van der Waals surface area (Å²) in [5.74, 6) is 0.585. The molecule has 1 aliphatic heterocycles. The minimum Gasteiger partial charge on any atom is -0.467 e. The standard InChI is InChI=1S/C27H30N2O4/c1-5-6-11-25(30)29(26(18(2)3)27(31)32-4)17-19-12-13-22-21(16-28)15-20-9-7-8-10-23(20)33-24(22)14-19/h7-10,12-15,18,26H,5-6,11,17H2,1-4H3/t26-/m0/s1. The maximum Gasteiger partial charge on any atom is 0.328 e. The molecule has 0 bridgehead atoms. The number of benzene rings is 2. The van der Waals surface area contributed by atoms with E-state index in [1.165, 1.54) is 7.11 Å². The van der Waals surface area contributed by atoms with E-state index in [4.69, 9.17) is 9.47 Å². The normalized spacial score (nSPS) is 12.9. The summed E-state index contributed by atoms with van der Waals surface area (Å²) in [7, 11) is 1.34. The molecular weight excluding hydrogens is 416 g/mol. The first kappa shape index (κ1) is 24.1. The summed E-state index contributed by atoms with van der Waals surface area (Å²) in [6, 6.07) is 14.7. The Morgan fingerprint density at radius 3 is 2.58 bits per heavy atom. The van der Waals surface area contributed by atoms with E-state index >= 15 is 0 Å². The van der Waals surface area contributed by atoms with E-state index in [1.54, 1.807) is 4.90 Å². The zero-order valence-electron chi connectivity index (χ0n) is 19.6. The van der Waals surface area contributed by atoms with Crippen LogP contribution in [-0.4, -0.2) is 29.9 Å². The van der Waals surface area contributed by atoms with Crippen LogP contribution in [0.15, 0.2) is 42.5 Å². The maximum absolute atomic E-state index is 13.1. The van der Waals surface area contributed by atoms with Gasteiger partial charge in [0.1, 0.15) is 17.5 Å². The molecule has 0 saturated heterocycles. The molecule has 0 fully saturated rings. The van der Waals surface area contributed by atoms with Crippen LogP contribution in [0.2, 0.25) is 0 Å². The van der Waals surface area contributed by atoms with Crippen LogP contribution in [0.3, 0.4) is 0 Å². The fourth-order valence-corrected chi connectivity index (χ4v) is 4.00. The number of carbonyl (C=O) groups is 2. The van der Waals surface area contributed by atoms with Crippen molar-refractivity contribution >= 4 is 23.5 Å². The van der Waals surface area contributed by atoms with Crippen LogP contribution < -0.4 is 4.74 Å². The lowest BCUT2D eigenvalue weighted by atomic mass is 9.99. The highest BCUT2D eigenvalue weighted by atomic mass is 16.5. The molecule has 1 heterocycles. The van der Waals surface area contributed by atoms with Crippen molar-refractivity contribution in [3.05, 3.63) is 59.2 Å². The van der Waals surface area contributed by atoms with Crippen LogP contribution >= 0.6 is 0 Å². The first-order valence-electron chi connectivity index (χ1n) is 11.3. The number of nitriles is 1. The summed E-state index contributed by atoms with van der Waals surface area (Å²) in [5, 5.41) is 9.70. The summed E-state index contributed by atoms with van der Waals surface area (Å²) in [5.41, 5.74) is 2.83. The Kier molecular flexibility index (Phi) is 7.89. The van der Waals surface area contributed by atoms with Gasteiger partial charge < -0.3 is 14.4 Å². The van der Waals surface area contributed by atoms with Gasteiger partial charge in [0.05, 0.1) is 18.8 Å². The van der Waals surface area contributed by atoms with Crippen molar-refractivity contribution in [3.8, 4) is 17.6 Å². The van der Waals surface area contributed by atoms with E-state index in [1.807, 2.05) is 69.3 Å². The highest BCUT2D eigenvalue weighted by Crippen LogP contribution is 2.38. The monoisotopic (exact) mass is 446 g/mol. The maximum atomic E-state index is 13.1. The van der Waals surface area contributed by atoms with Gasteiger partial charge >= 0.3 is 5.97 Å². The van der Waals surface area contributed by atoms with Crippen LogP contribution in [0.5, 0.6) is 11.5 Å². The molecule has 0 aromatic heterocycles. The van der Waals surface area contributed by atoms with Gasteiger partial charge in [-0.1, -0.05) is 51.5 Å². The number of ether oxygens (including phenoxy) is 2. The van der Waals surface area contributed by atoms with Gasteiger partial charge in [-0.25, -0.2) is 4.79 Å². The quantitative estimate of drug-likeness (QED) is 0.495. The first-order valence-corrected chi connectivity index (χ1v) is 11.3. The van der Waals surface area contributed by atoms with E-state index in [2.05, 4.69) is 6.07 Å². The molecule has 1 atom stereocenters. The molecule has 0 unspecified atom stereocenters. The van der Waals surface area contributed by atoms with E-state index < -0.39 is 12.0 Å². The Hall–Kier alpha value is -3.59. The second kappa shape index (κ2) is 10.8. The summed E-state index contributed by atoms with van der Waals surface area (Å²) in [6.07, 6.45) is 3.82. The zero-order valence-corrected chi connectivity index (χ0v) is 19.6. The Labute approximate surface area is 195 Å². The molecule has 1 aliphatic rings. The minimum absolute atomic E-state index is 0.0835. The fraction of sp³-hybridized carbons (Fsp3) is 0.370. The molecule has 2 aromatic rings. The van der Waals surface area contributed by atoms with Crippen LogP contribution in [-0.2, 0) is 20.9 Å². The first-order chi connectivity index (χ1) is 15.9. The number of allylic oxidation sites excluding steroid dienone is 1. The number of hydrogen-bond donors (Lipinski definition) is 0. The van der Waals surface area contributed by atoms with Gasteiger partial charge in [-0.3, -0.25) is 4.79 Å². The van der Waals surface area contributed by atoms with Crippen molar-refractivity contribution in [2.45, 2.75) is 52.6 Å². The lowest BCUT2D eigenvalue weighted by Crippen LogP contribution is -2.48. The summed E-state index contributed by atoms with van der Waals surface area (Å²) in [6.45, 7) is 6.08. The third-order valence-electron chi connectivity index (χ3n) is 5.72. The van der Waals surface area contributed by atoms with Crippen molar-refractivity contribution in [2.75, 3.05) is 7.11 Å². The Morgan fingerprint density at radius 1 is 1.15 bits per heavy atom. The van der Waals surface area contributed by atoms with Crippen LogP contribution in [0.25, 0.3) is 11.6 Å². The van der Waals surface area contributed by atoms with Crippen LogP contribution in [0.4, 0.5) is 0 Å². The Morgan fingerprint density at radius 2 is 1.91 bits per heavy atom. The molecule has 3 rings (SSSR count). The van der Waals surface area contributed by atoms with Crippen molar-refractivity contribution < 1.29 is 19.1 Å². The Balaban J connectivity index is 1.99. The summed E-state index contributed by atoms with van der Waals surface area (Å²) in [4.78, 5) is 27.3. The van der Waals surface area contributed by atoms with Gasteiger partial charge in [-0.05, 0) is 42.2 Å². The number of unbranched alkanes of at least 4 members (excludes halogenated alkanes) is 1. The highest BCUT2D eigenvalue weighted by molar-refractivity contribution is 5.94.